The van der Waals surface area contributed by atoms with Gasteiger partial charge in [0.25, 0.3) is 0 Å². The Hall–Kier alpha value is -1.49. The third kappa shape index (κ3) is 7.00. The Bertz CT molecular complexity index is 900. The van der Waals surface area contributed by atoms with Crippen molar-refractivity contribution in [2.45, 2.75) is 49.1 Å². The SMILES string of the molecule is O=C(O)C1=C[C@H](O)[C@@H](O)[C@H](O[C@H]2[C@H](O)[C@@H](NS(=O)(=O)O)[C@@H](O)O[C@@H]2COS(=O)(=O)O)O1. The summed E-state index contributed by atoms with van der Waals surface area (Å²) in [5.74, 6) is -2.54. The maximum Gasteiger partial charge on any atom is 0.397 e. The summed E-state index contributed by atoms with van der Waals surface area (Å²) in [6.45, 7) is -1.12. The van der Waals surface area contributed by atoms with Crippen LogP contribution in [0.2, 0.25) is 0 Å². The van der Waals surface area contributed by atoms with Crippen LogP contribution >= 0.6 is 0 Å². The van der Waals surface area contributed by atoms with Crippen molar-refractivity contribution in [3.05, 3.63) is 11.8 Å². The molecule has 8 N–H and O–H groups in total. The molecule has 31 heavy (non-hydrogen) atoms. The van der Waals surface area contributed by atoms with E-state index in [0.717, 1.165) is 0 Å². The van der Waals surface area contributed by atoms with Crippen LogP contribution in [0.25, 0.3) is 0 Å². The minimum atomic E-state index is -5.05. The first-order valence-corrected chi connectivity index (χ1v) is 10.9. The molecular weight excluding hydrogens is 478 g/mol. The molecule has 0 aliphatic carbocycles. The van der Waals surface area contributed by atoms with Crippen LogP contribution in [-0.4, -0.2) is 113 Å². The topological polar surface area (TPSA) is 276 Å². The van der Waals surface area contributed by atoms with E-state index in [-0.39, 0.29) is 0 Å². The minimum absolute atomic E-state index is 0.631. The quantitative estimate of drug-likeness (QED) is 0.146. The molecule has 1 fully saturated rings. The average Bonchev–Trinajstić information content (AvgIpc) is 2.61. The summed E-state index contributed by atoms with van der Waals surface area (Å²) < 4.78 is 81.8. The van der Waals surface area contributed by atoms with Crippen LogP contribution in [0, 0.1) is 0 Å². The third-order valence-corrected chi connectivity index (χ3v) is 5.06. The number of hydrogen-bond donors (Lipinski definition) is 8. The van der Waals surface area contributed by atoms with Crippen molar-refractivity contribution in [3.8, 4) is 0 Å². The van der Waals surface area contributed by atoms with E-state index >= 15 is 0 Å². The molecule has 0 radical (unpaired) electrons. The maximum atomic E-state index is 11.1. The molecule has 180 valence electrons. The minimum Gasteiger partial charge on any atom is -0.475 e. The first-order chi connectivity index (χ1) is 14.1. The third-order valence-electron chi connectivity index (χ3n) is 4.05. The lowest BCUT2D eigenvalue weighted by Crippen LogP contribution is -2.66. The van der Waals surface area contributed by atoms with Gasteiger partial charge in [0.15, 0.2) is 6.29 Å². The lowest BCUT2D eigenvalue weighted by atomic mass is 9.97. The normalized spacial score (nSPS) is 37.0. The molecule has 8 atom stereocenters. The highest BCUT2D eigenvalue weighted by Crippen LogP contribution is 2.28. The lowest BCUT2D eigenvalue weighted by Gasteiger charge is -2.44. The Balaban J connectivity index is 2.31. The van der Waals surface area contributed by atoms with E-state index in [1.165, 1.54) is 4.72 Å². The molecule has 0 spiro atoms. The number of aliphatic hydroxyl groups excluding tert-OH is 4. The zero-order chi connectivity index (χ0) is 23.7. The molecule has 2 aliphatic heterocycles. The van der Waals surface area contributed by atoms with Crippen molar-refractivity contribution in [2.24, 2.45) is 0 Å². The fourth-order valence-corrected chi connectivity index (χ4v) is 3.63. The first kappa shape index (κ1) is 25.8. The van der Waals surface area contributed by atoms with E-state index in [1.807, 2.05) is 0 Å². The van der Waals surface area contributed by atoms with Crippen molar-refractivity contribution in [3.63, 3.8) is 0 Å². The molecule has 2 rings (SSSR count). The van der Waals surface area contributed by atoms with Gasteiger partial charge in [-0.15, -0.1) is 0 Å². The predicted molar refractivity (Wildman–Crippen MR) is 90.3 cm³/mol. The Morgan fingerprint density at radius 1 is 1.10 bits per heavy atom. The maximum absolute atomic E-state index is 11.1. The van der Waals surface area contributed by atoms with Crippen LogP contribution in [-0.2, 0) is 43.9 Å². The summed E-state index contributed by atoms with van der Waals surface area (Å²) in [6, 6.07) is -2.01. The van der Waals surface area contributed by atoms with Gasteiger partial charge in [0, 0.05) is 0 Å². The van der Waals surface area contributed by atoms with Crippen molar-refractivity contribution in [1.82, 2.24) is 4.72 Å². The van der Waals surface area contributed by atoms with Crippen molar-refractivity contribution >= 4 is 26.7 Å². The van der Waals surface area contributed by atoms with Crippen molar-refractivity contribution < 1.29 is 74.7 Å². The fourth-order valence-electron chi connectivity index (χ4n) is 2.72. The summed E-state index contributed by atoms with van der Waals surface area (Å²) in [5.41, 5.74) is 0. The molecule has 0 aromatic carbocycles. The number of ether oxygens (including phenoxy) is 3. The van der Waals surface area contributed by atoms with Crippen LogP contribution in [0.1, 0.15) is 0 Å². The molecule has 0 amide bonds. The predicted octanol–water partition coefficient (Wildman–Crippen LogP) is -4.92. The second-order valence-electron chi connectivity index (χ2n) is 6.29. The van der Waals surface area contributed by atoms with E-state index in [9.17, 15) is 42.1 Å². The lowest BCUT2D eigenvalue weighted by molar-refractivity contribution is -0.305. The Morgan fingerprint density at radius 2 is 1.71 bits per heavy atom. The zero-order valence-electron chi connectivity index (χ0n) is 15.0. The van der Waals surface area contributed by atoms with Crippen LogP contribution in [0.15, 0.2) is 11.8 Å². The summed E-state index contributed by atoms with van der Waals surface area (Å²) in [5, 5.41) is 49.0. The van der Waals surface area contributed by atoms with E-state index in [0.29, 0.717) is 6.08 Å². The molecule has 0 aromatic heterocycles. The van der Waals surface area contributed by atoms with Crippen LogP contribution in [0.4, 0.5) is 0 Å². The average molecular weight is 497 g/mol. The highest BCUT2D eigenvalue weighted by molar-refractivity contribution is 7.83. The molecular formula is C12H19NO16S2. The largest absolute Gasteiger partial charge is 0.475 e. The number of carboxylic acids is 1. The van der Waals surface area contributed by atoms with Gasteiger partial charge in [-0.2, -0.15) is 21.6 Å². The number of rotatable bonds is 8. The second-order valence-corrected chi connectivity index (χ2v) is 8.57. The molecule has 2 aliphatic rings. The molecule has 19 heteroatoms. The summed E-state index contributed by atoms with van der Waals surface area (Å²) in [6.07, 6.45) is -13.3. The van der Waals surface area contributed by atoms with Gasteiger partial charge in [0.2, 0.25) is 12.0 Å². The van der Waals surface area contributed by atoms with Gasteiger partial charge in [0.05, 0.1) is 6.61 Å². The molecule has 0 unspecified atom stereocenters. The highest BCUT2D eigenvalue weighted by atomic mass is 32.3. The van der Waals surface area contributed by atoms with Crippen molar-refractivity contribution in [2.75, 3.05) is 6.61 Å². The number of hydrogen-bond acceptors (Lipinski definition) is 13. The fraction of sp³-hybridized carbons (Fsp3) is 0.750. The van der Waals surface area contributed by atoms with E-state index in [4.69, 9.17) is 28.4 Å². The first-order valence-electron chi connectivity index (χ1n) is 8.10. The highest BCUT2D eigenvalue weighted by Gasteiger charge is 2.50. The number of aliphatic hydroxyl groups is 4. The molecule has 0 saturated carbocycles. The van der Waals surface area contributed by atoms with Gasteiger partial charge in [-0.05, 0) is 6.08 Å². The van der Waals surface area contributed by atoms with E-state index in [1.54, 1.807) is 0 Å². The van der Waals surface area contributed by atoms with E-state index in [2.05, 4.69) is 4.18 Å². The standard InChI is InChI=1S/C12H19NO16S2/c14-3-1-4(10(17)18)28-12(7(3)15)29-9-5(2-26-31(23,24)25)27-11(19)6(8(9)16)13-30(20,21)22/h1,3,5-9,11-16,19H,2H2,(H,17,18)(H,20,21,22)(H,23,24,25)/t3-,5+,6+,7+,8+,9+,11-,12-/m0/s1. The number of carboxylic acid groups (broad SMARTS) is 1. The van der Waals surface area contributed by atoms with Gasteiger partial charge >= 0.3 is 26.7 Å². The Kier molecular flexibility index (Phi) is 7.95. The molecule has 2 heterocycles. The van der Waals surface area contributed by atoms with Gasteiger partial charge < -0.3 is 39.7 Å². The Labute approximate surface area is 174 Å². The monoisotopic (exact) mass is 497 g/mol. The van der Waals surface area contributed by atoms with Gasteiger partial charge in [0.1, 0.15) is 36.6 Å². The van der Waals surface area contributed by atoms with Crippen molar-refractivity contribution in [1.29, 1.82) is 0 Å². The summed E-state index contributed by atoms with van der Waals surface area (Å²) in [7, 11) is -10.1. The van der Waals surface area contributed by atoms with Gasteiger partial charge in [-0.25, -0.2) is 8.98 Å². The molecule has 0 bridgehead atoms. The van der Waals surface area contributed by atoms with Gasteiger partial charge in [-0.3, -0.25) is 9.11 Å². The molecule has 17 nitrogen and oxygen atoms in total. The van der Waals surface area contributed by atoms with Crippen LogP contribution < -0.4 is 4.72 Å². The summed E-state index contributed by atoms with van der Waals surface area (Å²) >= 11 is 0. The number of carbonyl (C=O) groups is 1. The summed E-state index contributed by atoms with van der Waals surface area (Å²) in [4.78, 5) is 11.1. The molecule has 0 aromatic rings. The Morgan fingerprint density at radius 3 is 2.23 bits per heavy atom. The van der Waals surface area contributed by atoms with Crippen LogP contribution in [0.3, 0.4) is 0 Å². The number of nitrogens with one attached hydrogen (secondary N) is 1. The zero-order valence-corrected chi connectivity index (χ0v) is 16.7. The van der Waals surface area contributed by atoms with E-state index < -0.39 is 88.2 Å². The molecule has 1 saturated heterocycles. The van der Waals surface area contributed by atoms with Crippen LogP contribution in [0.5, 0.6) is 0 Å². The number of aliphatic carboxylic acids is 1. The second kappa shape index (κ2) is 9.56. The smallest absolute Gasteiger partial charge is 0.397 e. The van der Waals surface area contributed by atoms with Gasteiger partial charge in [-0.1, -0.05) is 0 Å².